The molecule has 0 spiro atoms. The van der Waals surface area contributed by atoms with E-state index in [0.717, 1.165) is 10.5 Å². The highest BCUT2D eigenvalue weighted by atomic mass is 16.6. The lowest BCUT2D eigenvalue weighted by Gasteiger charge is -2.28. The van der Waals surface area contributed by atoms with Gasteiger partial charge in [-0.2, -0.15) is 0 Å². The highest BCUT2D eigenvalue weighted by Crippen LogP contribution is 2.09. The molecule has 0 bridgehead atoms. The molecule has 1 aromatic carbocycles. The average molecular weight is 365 g/mol. The van der Waals surface area contributed by atoms with Gasteiger partial charge in [0.1, 0.15) is 11.6 Å². The van der Waals surface area contributed by atoms with Crippen LogP contribution in [0.5, 0.6) is 0 Å². The lowest BCUT2D eigenvalue weighted by molar-refractivity contribution is -0.131. The average Bonchev–Trinajstić information content (AvgIpc) is 2.51. The molecule has 144 valence electrons. The quantitative estimate of drug-likeness (QED) is 0.805. The van der Waals surface area contributed by atoms with E-state index < -0.39 is 29.7 Å². The molecule has 0 aliphatic heterocycles. The summed E-state index contributed by atoms with van der Waals surface area (Å²) < 4.78 is 5.17. The van der Waals surface area contributed by atoms with Crippen LogP contribution in [-0.4, -0.2) is 65.3 Å². The van der Waals surface area contributed by atoms with Gasteiger partial charge in [0, 0.05) is 20.6 Å². The van der Waals surface area contributed by atoms with Crippen molar-refractivity contribution in [2.24, 2.45) is 0 Å². The Balaban J connectivity index is 2.92. The number of benzene rings is 1. The summed E-state index contributed by atoms with van der Waals surface area (Å²) in [5, 5.41) is 11.9. The van der Waals surface area contributed by atoms with E-state index in [9.17, 15) is 19.5 Å². The molecular formula is C18H27N3O5. The summed E-state index contributed by atoms with van der Waals surface area (Å²) in [6.45, 7) is 5.01. The SMILES string of the molecule is CN(C)C(=O)[C@H](CN(Cc1ccccc1)C(=O)O)NC(=O)OC(C)(C)C. The highest BCUT2D eigenvalue weighted by molar-refractivity contribution is 5.86. The molecule has 0 saturated heterocycles. The van der Waals surface area contributed by atoms with E-state index in [1.54, 1.807) is 45.0 Å². The largest absolute Gasteiger partial charge is 0.465 e. The monoisotopic (exact) mass is 365 g/mol. The zero-order valence-corrected chi connectivity index (χ0v) is 15.9. The van der Waals surface area contributed by atoms with Gasteiger partial charge in [-0.05, 0) is 26.3 Å². The number of hydrogen-bond donors (Lipinski definition) is 2. The fraction of sp³-hybridized carbons (Fsp3) is 0.500. The molecular weight excluding hydrogens is 338 g/mol. The number of carbonyl (C=O) groups is 3. The van der Waals surface area contributed by atoms with Crippen molar-refractivity contribution in [3.05, 3.63) is 35.9 Å². The molecule has 0 aliphatic rings. The number of nitrogens with zero attached hydrogens (tertiary/aromatic N) is 2. The van der Waals surface area contributed by atoms with Crippen molar-refractivity contribution < 1.29 is 24.2 Å². The molecule has 0 saturated carbocycles. The van der Waals surface area contributed by atoms with Gasteiger partial charge in [-0.15, -0.1) is 0 Å². The van der Waals surface area contributed by atoms with Crippen LogP contribution < -0.4 is 5.32 Å². The Morgan fingerprint density at radius 3 is 2.19 bits per heavy atom. The predicted octanol–water partition coefficient (Wildman–Crippen LogP) is 2.15. The third kappa shape index (κ3) is 7.42. The first-order valence-electron chi connectivity index (χ1n) is 8.22. The van der Waals surface area contributed by atoms with E-state index >= 15 is 0 Å². The topological polar surface area (TPSA) is 99.2 Å². The molecule has 0 heterocycles. The molecule has 1 atom stereocenters. The Labute approximate surface area is 153 Å². The van der Waals surface area contributed by atoms with E-state index in [1.165, 1.54) is 19.0 Å². The van der Waals surface area contributed by atoms with Gasteiger partial charge < -0.3 is 25.0 Å². The van der Waals surface area contributed by atoms with Crippen LogP contribution in [0.25, 0.3) is 0 Å². The molecule has 0 fully saturated rings. The van der Waals surface area contributed by atoms with Gasteiger partial charge >= 0.3 is 12.2 Å². The van der Waals surface area contributed by atoms with Crippen molar-refractivity contribution in [3.63, 3.8) is 0 Å². The molecule has 26 heavy (non-hydrogen) atoms. The first kappa shape index (κ1) is 21.3. The summed E-state index contributed by atoms with van der Waals surface area (Å²) in [6, 6.07) is 7.96. The van der Waals surface area contributed by atoms with Crippen molar-refractivity contribution in [1.82, 2.24) is 15.1 Å². The van der Waals surface area contributed by atoms with Crippen molar-refractivity contribution in [3.8, 4) is 0 Å². The third-order valence-electron chi connectivity index (χ3n) is 3.32. The number of amides is 3. The molecule has 0 aromatic heterocycles. The number of ether oxygens (including phenoxy) is 1. The number of alkyl carbamates (subject to hydrolysis) is 1. The lowest BCUT2D eigenvalue weighted by atomic mass is 10.2. The fourth-order valence-corrected chi connectivity index (χ4v) is 2.18. The summed E-state index contributed by atoms with van der Waals surface area (Å²) in [5.74, 6) is -0.421. The standard InChI is InChI=1S/C18H27N3O5/c1-18(2,3)26-16(23)19-14(15(22)20(4)5)12-21(17(24)25)11-13-9-7-6-8-10-13/h6-10,14H,11-12H2,1-5H3,(H,19,23)(H,24,25)/t14-/m0/s1. The van der Waals surface area contributed by atoms with Crippen molar-refractivity contribution in [1.29, 1.82) is 0 Å². The smallest absolute Gasteiger partial charge is 0.408 e. The first-order valence-corrected chi connectivity index (χ1v) is 8.22. The maximum atomic E-state index is 12.4. The van der Waals surface area contributed by atoms with Crippen LogP contribution in [0, 0.1) is 0 Å². The Hall–Kier alpha value is -2.77. The second-order valence-corrected chi connectivity index (χ2v) is 7.08. The Bertz CT molecular complexity index is 625. The molecule has 8 heteroatoms. The fourth-order valence-electron chi connectivity index (χ4n) is 2.18. The van der Waals surface area contributed by atoms with Crippen molar-refractivity contribution in [2.45, 2.75) is 39.0 Å². The van der Waals surface area contributed by atoms with Crippen LogP contribution in [0.4, 0.5) is 9.59 Å². The summed E-state index contributed by atoms with van der Waals surface area (Å²) in [5.41, 5.74) is 0.0509. The first-order chi connectivity index (χ1) is 12.0. The van der Waals surface area contributed by atoms with Crippen molar-refractivity contribution in [2.75, 3.05) is 20.6 Å². The van der Waals surface area contributed by atoms with Crippen molar-refractivity contribution >= 4 is 18.1 Å². The summed E-state index contributed by atoms with van der Waals surface area (Å²) in [4.78, 5) is 38.4. The van der Waals surface area contributed by atoms with Crippen LogP contribution in [0.3, 0.4) is 0 Å². The van der Waals surface area contributed by atoms with E-state index in [-0.39, 0.29) is 13.1 Å². The minimum absolute atomic E-state index is 0.101. The lowest BCUT2D eigenvalue weighted by Crippen LogP contribution is -2.53. The second-order valence-electron chi connectivity index (χ2n) is 7.08. The summed E-state index contributed by atoms with van der Waals surface area (Å²) >= 11 is 0. The molecule has 2 N–H and O–H groups in total. The number of nitrogens with one attached hydrogen (secondary N) is 1. The normalized spacial score (nSPS) is 12.0. The number of rotatable bonds is 6. The number of carboxylic acid groups (broad SMARTS) is 1. The van der Waals surface area contributed by atoms with Gasteiger partial charge in [-0.25, -0.2) is 9.59 Å². The minimum Gasteiger partial charge on any atom is -0.465 e. The van der Waals surface area contributed by atoms with Gasteiger partial charge in [0.25, 0.3) is 0 Å². The van der Waals surface area contributed by atoms with Crippen LogP contribution in [0.2, 0.25) is 0 Å². The molecule has 3 amide bonds. The van der Waals surface area contributed by atoms with Crippen LogP contribution in [0.1, 0.15) is 26.3 Å². The molecule has 0 aliphatic carbocycles. The van der Waals surface area contributed by atoms with E-state index in [1.807, 2.05) is 6.07 Å². The maximum Gasteiger partial charge on any atom is 0.408 e. The van der Waals surface area contributed by atoms with Crippen LogP contribution in [0.15, 0.2) is 30.3 Å². The van der Waals surface area contributed by atoms with Crippen LogP contribution in [-0.2, 0) is 16.1 Å². The summed E-state index contributed by atoms with van der Waals surface area (Å²) in [6.07, 6.45) is -1.96. The Morgan fingerprint density at radius 1 is 1.15 bits per heavy atom. The minimum atomic E-state index is -1.18. The number of hydrogen-bond acceptors (Lipinski definition) is 4. The van der Waals surface area contributed by atoms with E-state index in [2.05, 4.69) is 5.32 Å². The molecule has 0 radical (unpaired) electrons. The van der Waals surface area contributed by atoms with Gasteiger partial charge in [-0.1, -0.05) is 30.3 Å². The third-order valence-corrected chi connectivity index (χ3v) is 3.32. The second kappa shape index (κ2) is 9.07. The maximum absolute atomic E-state index is 12.4. The van der Waals surface area contributed by atoms with Gasteiger partial charge in [-0.3, -0.25) is 4.79 Å². The van der Waals surface area contributed by atoms with Gasteiger partial charge in [0.2, 0.25) is 5.91 Å². The highest BCUT2D eigenvalue weighted by Gasteiger charge is 2.29. The van der Waals surface area contributed by atoms with E-state index in [0.29, 0.717) is 0 Å². The molecule has 1 rings (SSSR count). The van der Waals surface area contributed by atoms with Gasteiger partial charge in [0.05, 0.1) is 6.54 Å². The molecule has 0 unspecified atom stereocenters. The molecule has 8 nitrogen and oxygen atoms in total. The number of carbonyl (C=O) groups excluding carboxylic acids is 2. The zero-order chi connectivity index (χ0) is 19.9. The van der Waals surface area contributed by atoms with Gasteiger partial charge in [0.15, 0.2) is 0 Å². The Morgan fingerprint density at radius 2 is 1.73 bits per heavy atom. The molecule has 1 aromatic rings. The number of likely N-dealkylation sites (N-methyl/N-ethyl adjacent to an activating group) is 1. The van der Waals surface area contributed by atoms with Crippen LogP contribution >= 0.6 is 0 Å². The Kier molecular flexibility index (Phi) is 7.42. The van der Waals surface area contributed by atoms with E-state index in [4.69, 9.17) is 4.74 Å². The summed E-state index contributed by atoms with van der Waals surface area (Å²) in [7, 11) is 3.07. The zero-order valence-electron chi connectivity index (χ0n) is 15.9. The predicted molar refractivity (Wildman–Crippen MR) is 96.7 cm³/mol.